The van der Waals surface area contributed by atoms with Crippen LogP contribution in [0.4, 0.5) is 5.69 Å². The van der Waals surface area contributed by atoms with Gasteiger partial charge in [0.15, 0.2) is 0 Å². The molecule has 0 aromatic heterocycles. The summed E-state index contributed by atoms with van der Waals surface area (Å²) in [6, 6.07) is 7.17. The molecular formula is C14H19N3O3. The van der Waals surface area contributed by atoms with E-state index in [9.17, 15) is 9.59 Å². The number of nitrogens with one attached hydrogen (secondary N) is 2. The monoisotopic (exact) mass is 277 g/mol. The van der Waals surface area contributed by atoms with E-state index in [2.05, 4.69) is 10.6 Å². The average Bonchev–Trinajstić information content (AvgIpc) is 3.28. The third-order valence-electron chi connectivity index (χ3n) is 2.95. The molecule has 1 aromatic carbocycles. The smallest absolute Gasteiger partial charge is 0.243 e. The Morgan fingerprint density at radius 2 is 1.90 bits per heavy atom. The maximum absolute atomic E-state index is 11.5. The molecule has 2 amide bonds. The standard InChI is InChI=1S/C14H19N3O3/c15-7-13(18)16-8-14(19)17-11-3-5-12(6-4-11)20-9-10-1-2-10/h3-6,10H,1-2,7-9,15H2,(H,16,18)(H,17,19). The number of carbonyl (C=O) groups excluding carboxylic acids is 2. The molecule has 6 heteroatoms. The number of benzene rings is 1. The zero-order valence-corrected chi connectivity index (χ0v) is 11.2. The van der Waals surface area contributed by atoms with Gasteiger partial charge in [-0.15, -0.1) is 0 Å². The number of hydrogen-bond donors (Lipinski definition) is 3. The van der Waals surface area contributed by atoms with Crippen LogP contribution >= 0.6 is 0 Å². The lowest BCUT2D eigenvalue weighted by Crippen LogP contribution is -2.36. The van der Waals surface area contributed by atoms with Gasteiger partial charge in [0, 0.05) is 5.69 Å². The van der Waals surface area contributed by atoms with Crippen molar-refractivity contribution in [3.8, 4) is 5.75 Å². The quantitative estimate of drug-likeness (QED) is 0.676. The number of ether oxygens (including phenoxy) is 1. The SMILES string of the molecule is NCC(=O)NCC(=O)Nc1ccc(OCC2CC2)cc1. The summed E-state index contributed by atoms with van der Waals surface area (Å²) in [5.74, 6) is 0.856. The molecule has 0 radical (unpaired) electrons. The number of carbonyl (C=O) groups is 2. The van der Waals surface area contributed by atoms with Crippen molar-refractivity contribution in [2.24, 2.45) is 11.7 Å². The molecule has 6 nitrogen and oxygen atoms in total. The second-order valence-electron chi connectivity index (χ2n) is 4.81. The number of rotatable bonds is 7. The van der Waals surface area contributed by atoms with E-state index in [4.69, 9.17) is 10.5 Å². The van der Waals surface area contributed by atoms with Crippen LogP contribution in [0.3, 0.4) is 0 Å². The Labute approximate surface area is 117 Å². The lowest BCUT2D eigenvalue weighted by Gasteiger charge is -2.08. The molecule has 0 atom stereocenters. The van der Waals surface area contributed by atoms with Crippen LogP contribution < -0.4 is 21.1 Å². The maximum atomic E-state index is 11.5. The molecule has 0 aliphatic heterocycles. The highest BCUT2D eigenvalue weighted by Crippen LogP contribution is 2.29. The van der Waals surface area contributed by atoms with E-state index in [1.807, 2.05) is 12.1 Å². The van der Waals surface area contributed by atoms with E-state index in [1.54, 1.807) is 12.1 Å². The third kappa shape index (κ3) is 4.89. The average molecular weight is 277 g/mol. The van der Waals surface area contributed by atoms with Gasteiger partial charge in [-0.2, -0.15) is 0 Å². The largest absolute Gasteiger partial charge is 0.493 e. The fraction of sp³-hybridized carbons (Fsp3) is 0.429. The van der Waals surface area contributed by atoms with E-state index in [-0.39, 0.29) is 24.9 Å². The first-order valence-electron chi connectivity index (χ1n) is 6.67. The lowest BCUT2D eigenvalue weighted by atomic mass is 10.3. The molecule has 20 heavy (non-hydrogen) atoms. The van der Waals surface area contributed by atoms with Crippen molar-refractivity contribution in [2.75, 3.05) is 25.0 Å². The lowest BCUT2D eigenvalue weighted by molar-refractivity contribution is -0.123. The highest BCUT2D eigenvalue weighted by Gasteiger charge is 2.21. The van der Waals surface area contributed by atoms with Crippen molar-refractivity contribution in [2.45, 2.75) is 12.8 Å². The third-order valence-corrected chi connectivity index (χ3v) is 2.95. The number of hydrogen-bond acceptors (Lipinski definition) is 4. The zero-order chi connectivity index (χ0) is 14.4. The summed E-state index contributed by atoms with van der Waals surface area (Å²) in [5, 5.41) is 5.08. The minimum Gasteiger partial charge on any atom is -0.493 e. The van der Waals surface area contributed by atoms with Crippen LogP contribution in [0.5, 0.6) is 5.75 Å². The molecule has 2 rings (SSSR count). The summed E-state index contributed by atoms with van der Waals surface area (Å²) >= 11 is 0. The van der Waals surface area contributed by atoms with Crippen molar-refractivity contribution >= 4 is 17.5 Å². The van der Waals surface area contributed by atoms with Crippen LogP contribution in [-0.4, -0.2) is 31.5 Å². The highest BCUT2D eigenvalue weighted by molar-refractivity contribution is 5.94. The maximum Gasteiger partial charge on any atom is 0.243 e. The van der Waals surface area contributed by atoms with Gasteiger partial charge >= 0.3 is 0 Å². The van der Waals surface area contributed by atoms with Crippen LogP contribution in [0.1, 0.15) is 12.8 Å². The molecule has 0 spiro atoms. The number of anilines is 1. The van der Waals surface area contributed by atoms with Crippen molar-refractivity contribution in [3.05, 3.63) is 24.3 Å². The molecular weight excluding hydrogens is 258 g/mol. The van der Waals surface area contributed by atoms with Gasteiger partial charge in [0.2, 0.25) is 11.8 Å². The Bertz CT molecular complexity index is 469. The minimum absolute atomic E-state index is 0.0873. The van der Waals surface area contributed by atoms with Crippen LogP contribution in [0.25, 0.3) is 0 Å². The second kappa shape index (κ2) is 6.91. The molecule has 4 N–H and O–H groups in total. The molecule has 1 aliphatic carbocycles. The predicted octanol–water partition coefficient (Wildman–Crippen LogP) is 0.489. The highest BCUT2D eigenvalue weighted by atomic mass is 16.5. The van der Waals surface area contributed by atoms with Gasteiger partial charge in [-0.3, -0.25) is 9.59 Å². The van der Waals surface area contributed by atoms with Gasteiger partial charge in [0.25, 0.3) is 0 Å². The zero-order valence-electron chi connectivity index (χ0n) is 11.2. The van der Waals surface area contributed by atoms with Crippen molar-refractivity contribution in [1.82, 2.24) is 5.32 Å². The summed E-state index contributed by atoms with van der Waals surface area (Å²) in [6.45, 7) is 0.549. The Morgan fingerprint density at radius 3 is 2.50 bits per heavy atom. The fourth-order valence-corrected chi connectivity index (χ4v) is 1.59. The summed E-state index contributed by atoms with van der Waals surface area (Å²) in [6.07, 6.45) is 2.51. The van der Waals surface area contributed by atoms with E-state index in [1.165, 1.54) is 12.8 Å². The first kappa shape index (κ1) is 14.3. The van der Waals surface area contributed by atoms with Gasteiger partial charge in [-0.1, -0.05) is 0 Å². The molecule has 0 bridgehead atoms. The Morgan fingerprint density at radius 1 is 1.20 bits per heavy atom. The summed E-state index contributed by atoms with van der Waals surface area (Å²) < 4.78 is 5.60. The summed E-state index contributed by atoms with van der Waals surface area (Å²) in [5.41, 5.74) is 5.79. The number of nitrogens with two attached hydrogens (primary N) is 1. The molecule has 1 aromatic rings. The van der Waals surface area contributed by atoms with Gasteiger partial charge in [0.1, 0.15) is 5.75 Å². The summed E-state index contributed by atoms with van der Waals surface area (Å²) in [4.78, 5) is 22.5. The van der Waals surface area contributed by atoms with Crippen LogP contribution in [0.2, 0.25) is 0 Å². The molecule has 1 aliphatic rings. The number of amides is 2. The first-order valence-corrected chi connectivity index (χ1v) is 6.67. The molecule has 1 saturated carbocycles. The van der Waals surface area contributed by atoms with E-state index < -0.39 is 0 Å². The van der Waals surface area contributed by atoms with Gasteiger partial charge in [-0.25, -0.2) is 0 Å². The first-order chi connectivity index (χ1) is 9.67. The van der Waals surface area contributed by atoms with Gasteiger partial charge in [0.05, 0.1) is 19.7 Å². The van der Waals surface area contributed by atoms with E-state index >= 15 is 0 Å². The van der Waals surface area contributed by atoms with Crippen molar-refractivity contribution in [3.63, 3.8) is 0 Å². The van der Waals surface area contributed by atoms with E-state index in [0.29, 0.717) is 11.6 Å². The van der Waals surface area contributed by atoms with E-state index in [0.717, 1.165) is 12.4 Å². The molecule has 1 fully saturated rings. The van der Waals surface area contributed by atoms with Gasteiger partial charge < -0.3 is 21.1 Å². The van der Waals surface area contributed by atoms with Crippen LogP contribution in [0, 0.1) is 5.92 Å². The normalized spacial score (nSPS) is 13.7. The second-order valence-corrected chi connectivity index (χ2v) is 4.81. The van der Waals surface area contributed by atoms with Crippen LogP contribution in [-0.2, 0) is 9.59 Å². The van der Waals surface area contributed by atoms with Crippen molar-refractivity contribution in [1.29, 1.82) is 0 Å². The molecule has 0 heterocycles. The van der Waals surface area contributed by atoms with Gasteiger partial charge in [-0.05, 0) is 43.0 Å². The molecule has 0 saturated heterocycles. The Hall–Kier alpha value is -2.08. The molecule has 0 unspecified atom stereocenters. The Kier molecular flexibility index (Phi) is 4.95. The summed E-state index contributed by atoms with van der Waals surface area (Å²) in [7, 11) is 0. The van der Waals surface area contributed by atoms with Crippen LogP contribution in [0.15, 0.2) is 24.3 Å². The topological polar surface area (TPSA) is 93.5 Å². The Balaban J connectivity index is 1.74. The minimum atomic E-state index is -0.357. The van der Waals surface area contributed by atoms with Crippen molar-refractivity contribution < 1.29 is 14.3 Å². The molecule has 108 valence electrons. The predicted molar refractivity (Wildman–Crippen MR) is 75.4 cm³/mol. The fourth-order valence-electron chi connectivity index (χ4n) is 1.59.